The second kappa shape index (κ2) is 6.38. The third kappa shape index (κ3) is 3.11. The highest BCUT2D eigenvalue weighted by Gasteiger charge is 2.29. The van der Waals surface area contributed by atoms with Gasteiger partial charge in [-0.3, -0.25) is 9.59 Å². The highest BCUT2D eigenvalue weighted by molar-refractivity contribution is 5.93. The molecule has 1 aliphatic rings. The number of carbonyl (C=O) groups excluding carboxylic acids is 1. The van der Waals surface area contributed by atoms with Gasteiger partial charge < -0.3 is 19.0 Å². The zero-order valence-corrected chi connectivity index (χ0v) is 14.6. The number of pyridine rings is 1. The molecule has 0 aromatic carbocycles. The van der Waals surface area contributed by atoms with E-state index in [-0.39, 0.29) is 11.5 Å². The normalized spacial score (nSPS) is 17.6. The van der Waals surface area contributed by atoms with E-state index >= 15 is 0 Å². The van der Waals surface area contributed by atoms with Crippen LogP contribution in [0.2, 0.25) is 0 Å². The van der Waals surface area contributed by atoms with Crippen molar-refractivity contribution in [3.8, 4) is 0 Å². The molecule has 26 heavy (non-hydrogen) atoms. The van der Waals surface area contributed by atoms with Crippen LogP contribution < -0.4 is 5.56 Å². The Morgan fingerprint density at radius 3 is 2.92 bits per heavy atom. The van der Waals surface area contributed by atoms with Crippen molar-refractivity contribution in [2.75, 3.05) is 19.7 Å². The Balaban J connectivity index is 1.58. The molecule has 8 nitrogen and oxygen atoms in total. The van der Waals surface area contributed by atoms with Crippen LogP contribution in [0, 0.1) is 13.8 Å². The minimum Gasteiger partial charge on any atom is -0.367 e. The number of aryl methyl sites for hydroxylation is 2. The predicted octanol–water partition coefficient (Wildman–Crippen LogP) is 1.25. The van der Waals surface area contributed by atoms with Crippen molar-refractivity contribution < 1.29 is 9.53 Å². The summed E-state index contributed by atoms with van der Waals surface area (Å²) in [5, 5.41) is 0. The summed E-state index contributed by atoms with van der Waals surface area (Å²) in [5.74, 6) is 0.285. The summed E-state index contributed by atoms with van der Waals surface area (Å²) in [4.78, 5) is 37.7. The number of amides is 1. The lowest BCUT2D eigenvalue weighted by atomic mass is 10.2. The van der Waals surface area contributed by atoms with Gasteiger partial charge in [-0.05, 0) is 25.5 Å². The molecule has 0 bridgehead atoms. The minimum absolute atomic E-state index is 0.158. The second-order valence-electron chi connectivity index (χ2n) is 6.48. The molecule has 8 heteroatoms. The summed E-state index contributed by atoms with van der Waals surface area (Å²) in [6.07, 6.45) is 3.21. The zero-order chi connectivity index (χ0) is 18.3. The topological polar surface area (TPSA) is 92.6 Å². The van der Waals surface area contributed by atoms with Crippen LogP contribution in [-0.2, 0) is 4.74 Å². The quantitative estimate of drug-likeness (QED) is 0.748. The molecule has 0 saturated carbocycles. The number of aromatic amines is 1. The molecule has 0 spiro atoms. The van der Waals surface area contributed by atoms with Gasteiger partial charge >= 0.3 is 0 Å². The summed E-state index contributed by atoms with van der Waals surface area (Å²) in [5.41, 5.74) is 2.60. The summed E-state index contributed by atoms with van der Waals surface area (Å²) >= 11 is 0. The smallest absolute Gasteiger partial charge is 0.274 e. The van der Waals surface area contributed by atoms with Crippen LogP contribution in [0.1, 0.15) is 33.7 Å². The Hall–Kier alpha value is -3.00. The van der Waals surface area contributed by atoms with Crippen LogP contribution in [0.3, 0.4) is 0 Å². The average molecular weight is 353 g/mol. The van der Waals surface area contributed by atoms with E-state index in [1.54, 1.807) is 18.0 Å². The lowest BCUT2D eigenvalue weighted by Gasteiger charge is -2.32. The van der Waals surface area contributed by atoms with Gasteiger partial charge in [0.05, 0.1) is 13.2 Å². The first-order valence-corrected chi connectivity index (χ1v) is 8.44. The van der Waals surface area contributed by atoms with E-state index in [4.69, 9.17) is 4.74 Å². The molecule has 0 radical (unpaired) electrons. The van der Waals surface area contributed by atoms with E-state index in [0.29, 0.717) is 36.9 Å². The first kappa shape index (κ1) is 16.5. The van der Waals surface area contributed by atoms with Crippen molar-refractivity contribution >= 4 is 11.6 Å². The lowest BCUT2D eigenvalue weighted by molar-refractivity contribution is -0.0271. The molecule has 3 aromatic rings. The fourth-order valence-corrected chi connectivity index (χ4v) is 3.12. The molecule has 1 N–H and O–H groups in total. The van der Waals surface area contributed by atoms with Gasteiger partial charge in [-0.1, -0.05) is 6.07 Å². The number of nitrogens with zero attached hydrogens (tertiary/aromatic N) is 4. The molecule has 1 saturated heterocycles. The maximum absolute atomic E-state index is 12.9. The number of morpholine rings is 1. The molecule has 1 fully saturated rings. The SMILES string of the molecule is Cc1ccc2nc(C(=O)N3CCO[C@@H](c4nc(C)cc(=O)[nH]4)C3)cn2c1. The summed E-state index contributed by atoms with van der Waals surface area (Å²) in [6, 6.07) is 5.27. The molecule has 1 atom stereocenters. The van der Waals surface area contributed by atoms with Gasteiger partial charge in [0.15, 0.2) is 0 Å². The highest BCUT2D eigenvalue weighted by atomic mass is 16.5. The van der Waals surface area contributed by atoms with Crippen LogP contribution in [0.5, 0.6) is 0 Å². The summed E-state index contributed by atoms with van der Waals surface area (Å²) in [7, 11) is 0. The van der Waals surface area contributed by atoms with Gasteiger partial charge in [0, 0.05) is 30.7 Å². The van der Waals surface area contributed by atoms with Crippen molar-refractivity contribution in [3.05, 3.63) is 63.7 Å². The molecule has 1 aliphatic heterocycles. The van der Waals surface area contributed by atoms with Gasteiger partial charge in [0.1, 0.15) is 23.3 Å². The van der Waals surface area contributed by atoms with Crippen LogP contribution in [0.15, 0.2) is 35.4 Å². The minimum atomic E-state index is -0.459. The van der Waals surface area contributed by atoms with E-state index in [1.807, 2.05) is 29.7 Å². The highest BCUT2D eigenvalue weighted by Crippen LogP contribution is 2.20. The Bertz CT molecular complexity index is 1040. The molecule has 1 amide bonds. The van der Waals surface area contributed by atoms with Gasteiger partial charge in [0.25, 0.3) is 11.5 Å². The fraction of sp³-hybridized carbons (Fsp3) is 0.333. The Morgan fingerprint density at radius 1 is 1.27 bits per heavy atom. The first-order chi connectivity index (χ1) is 12.5. The van der Waals surface area contributed by atoms with Gasteiger partial charge in [-0.2, -0.15) is 0 Å². The lowest BCUT2D eigenvalue weighted by Crippen LogP contribution is -2.43. The monoisotopic (exact) mass is 353 g/mol. The predicted molar refractivity (Wildman–Crippen MR) is 94.1 cm³/mol. The van der Waals surface area contributed by atoms with Gasteiger partial charge in [-0.25, -0.2) is 9.97 Å². The summed E-state index contributed by atoms with van der Waals surface area (Å²) < 4.78 is 7.56. The molecular weight excluding hydrogens is 334 g/mol. The van der Waals surface area contributed by atoms with Gasteiger partial charge in [-0.15, -0.1) is 0 Å². The molecule has 134 valence electrons. The molecule has 0 aliphatic carbocycles. The van der Waals surface area contributed by atoms with Gasteiger partial charge in [0.2, 0.25) is 0 Å². The van der Waals surface area contributed by atoms with E-state index in [0.717, 1.165) is 11.2 Å². The molecule has 4 heterocycles. The number of aromatic nitrogens is 4. The number of rotatable bonds is 2. The third-order valence-corrected chi connectivity index (χ3v) is 4.36. The number of hydrogen-bond donors (Lipinski definition) is 1. The van der Waals surface area contributed by atoms with Crippen molar-refractivity contribution in [3.63, 3.8) is 0 Å². The maximum Gasteiger partial charge on any atom is 0.274 e. The van der Waals surface area contributed by atoms with E-state index < -0.39 is 6.10 Å². The number of ether oxygens (including phenoxy) is 1. The molecule has 0 unspecified atom stereocenters. The average Bonchev–Trinajstić information content (AvgIpc) is 3.03. The number of fused-ring (bicyclic) bond motifs is 1. The van der Waals surface area contributed by atoms with E-state index in [1.165, 1.54) is 6.07 Å². The molecular formula is C18H19N5O3. The number of H-pyrrole nitrogens is 1. The molecule has 3 aromatic heterocycles. The van der Waals surface area contributed by atoms with Crippen LogP contribution >= 0.6 is 0 Å². The zero-order valence-electron chi connectivity index (χ0n) is 14.6. The second-order valence-corrected chi connectivity index (χ2v) is 6.48. The molecule has 4 rings (SSSR count). The first-order valence-electron chi connectivity index (χ1n) is 8.44. The Labute approximate surface area is 149 Å². The van der Waals surface area contributed by atoms with Crippen LogP contribution in [0.25, 0.3) is 5.65 Å². The third-order valence-electron chi connectivity index (χ3n) is 4.36. The number of imidazole rings is 1. The maximum atomic E-state index is 12.9. The standard InChI is InChI=1S/C18H19N5O3/c1-11-3-4-15-20-13(9-23(15)8-11)18(25)22-5-6-26-14(10-22)17-19-12(2)7-16(24)21-17/h3-4,7-9,14H,5-6,10H2,1-2H3,(H,19,21,24)/t14-/m1/s1. The van der Waals surface area contributed by atoms with Crippen molar-refractivity contribution in [2.45, 2.75) is 20.0 Å². The van der Waals surface area contributed by atoms with E-state index in [9.17, 15) is 9.59 Å². The summed E-state index contributed by atoms with van der Waals surface area (Å²) in [6.45, 7) is 4.91. The number of nitrogens with one attached hydrogen (secondary N) is 1. The van der Waals surface area contributed by atoms with Crippen molar-refractivity contribution in [2.24, 2.45) is 0 Å². The Kier molecular flexibility index (Phi) is 4.04. The van der Waals surface area contributed by atoms with Crippen molar-refractivity contribution in [1.82, 2.24) is 24.3 Å². The van der Waals surface area contributed by atoms with E-state index in [2.05, 4.69) is 15.0 Å². The van der Waals surface area contributed by atoms with Crippen molar-refractivity contribution in [1.29, 1.82) is 0 Å². The Morgan fingerprint density at radius 2 is 2.12 bits per heavy atom. The van der Waals surface area contributed by atoms with Crippen LogP contribution in [-0.4, -0.2) is 49.9 Å². The van der Waals surface area contributed by atoms with Crippen LogP contribution in [0.4, 0.5) is 0 Å². The fourth-order valence-electron chi connectivity index (χ4n) is 3.12. The largest absolute Gasteiger partial charge is 0.367 e. The number of hydrogen-bond acceptors (Lipinski definition) is 5. The number of carbonyl (C=O) groups is 1.